The van der Waals surface area contributed by atoms with Crippen LogP contribution >= 0.6 is 0 Å². The van der Waals surface area contributed by atoms with Crippen LogP contribution in [-0.4, -0.2) is 63.2 Å². The molecule has 160 valence electrons. The molecule has 1 N–H and O–H groups in total. The maximum atomic E-state index is 13.1. The van der Waals surface area contributed by atoms with E-state index in [4.69, 9.17) is 0 Å². The molecule has 0 radical (unpaired) electrons. The first-order valence-corrected chi connectivity index (χ1v) is 12.7. The van der Waals surface area contributed by atoms with Crippen LogP contribution in [0.1, 0.15) is 19.3 Å². The molecule has 0 unspecified atom stereocenters. The van der Waals surface area contributed by atoms with E-state index in [-0.39, 0.29) is 34.3 Å². The highest BCUT2D eigenvalue weighted by Crippen LogP contribution is 2.28. The molecule has 0 saturated carbocycles. The molecule has 3 heterocycles. The number of sulfonamides is 2. The molecule has 1 fully saturated rings. The Bertz CT molecular complexity index is 1160. The Morgan fingerprint density at radius 2 is 1.80 bits per heavy atom. The van der Waals surface area contributed by atoms with Crippen LogP contribution in [0.4, 0.5) is 5.69 Å². The lowest BCUT2D eigenvalue weighted by molar-refractivity contribution is -0.112. The number of para-hydroxylation sites is 1. The number of fused-ring (bicyclic) bond motifs is 1. The first kappa shape index (κ1) is 20.8. The Morgan fingerprint density at radius 1 is 1.07 bits per heavy atom. The Hall–Kier alpha value is -2.50. The molecule has 0 atom stereocenters. The molecule has 3 aliphatic rings. The van der Waals surface area contributed by atoms with E-state index in [2.05, 4.69) is 9.71 Å². The molecule has 1 aromatic rings. The molecule has 1 saturated heterocycles. The molecule has 1 amide bonds. The van der Waals surface area contributed by atoms with Crippen molar-refractivity contribution in [1.82, 2.24) is 9.21 Å². The monoisotopic (exact) mass is 450 g/mol. The predicted octanol–water partition coefficient (Wildman–Crippen LogP) is 1.30. The summed E-state index contributed by atoms with van der Waals surface area (Å²) >= 11 is 0. The molecule has 4 rings (SSSR count). The second-order valence-corrected chi connectivity index (χ2v) is 10.9. The fourth-order valence-electron chi connectivity index (χ4n) is 3.62. The molecule has 1 aromatic carbocycles. The second-order valence-electron chi connectivity index (χ2n) is 7.23. The molecule has 0 spiro atoms. The van der Waals surface area contributed by atoms with Crippen LogP contribution < -0.4 is 5.32 Å². The fourth-order valence-corrected chi connectivity index (χ4v) is 6.27. The quantitative estimate of drug-likeness (QED) is 0.739. The molecule has 9 nitrogen and oxygen atoms in total. The SMILES string of the molecule is O=C(Nc1ccccc1S(=O)(=O)N1CCCCC1)C1=CC=CN2CCS(=O)(=O)N=C12. The zero-order valence-corrected chi connectivity index (χ0v) is 17.8. The van der Waals surface area contributed by atoms with E-state index < -0.39 is 26.0 Å². The van der Waals surface area contributed by atoms with Crippen LogP contribution in [0.15, 0.2) is 57.5 Å². The number of carbonyl (C=O) groups is 1. The maximum Gasteiger partial charge on any atom is 0.259 e. The number of allylic oxidation sites excluding steroid dienone is 2. The lowest BCUT2D eigenvalue weighted by Gasteiger charge is -2.29. The van der Waals surface area contributed by atoms with Crippen molar-refractivity contribution >= 4 is 37.5 Å². The van der Waals surface area contributed by atoms with Crippen molar-refractivity contribution in [1.29, 1.82) is 0 Å². The predicted molar refractivity (Wildman–Crippen MR) is 113 cm³/mol. The van der Waals surface area contributed by atoms with Crippen molar-refractivity contribution in [2.45, 2.75) is 24.2 Å². The van der Waals surface area contributed by atoms with Crippen LogP contribution in [0, 0.1) is 0 Å². The lowest BCUT2D eigenvalue weighted by atomic mass is 10.1. The summed E-state index contributed by atoms with van der Waals surface area (Å²) in [6.45, 7) is 1.09. The van der Waals surface area contributed by atoms with Crippen LogP contribution in [-0.2, 0) is 24.8 Å². The Kier molecular flexibility index (Phi) is 5.51. The molecular formula is C19H22N4O5S2. The smallest absolute Gasteiger partial charge is 0.259 e. The van der Waals surface area contributed by atoms with Crippen LogP contribution in [0.5, 0.6) is 0 Å². The first-order valence-electron chi connectivity index (χ1n) is 9.67. The number of anilines is 1. The molecule has 30 heavy (non-hydrogen) atoms. The van der Waals surface area contributed by atoms with Gasteiger partial charge in [-0.2, -0.15) is 4.31 Å². The zero-order valence-electron chi connectivity index (χ0n) is 16.2. The average molecular weight is 451 g/mol. The average Bonchev–Trinajstić information content (AvgIpc) is 2.73. The van der Waals surface area contributed by atoms with E-state index in [0.29, 0.717) is 13.1 Å². The molecule has 0 aliphatic carbocycles. The first-order chi connectivity index (χ1) is 14.3. The number of amides is 1. The van der Waals surface area contributed by atoms with Gasteiger partial charge in [0.2, 0.25) is 10.0 Å². The highest BCUT2D eigenvalue weighted by atomic mass is 32.2. The third kappa shape index (κ3) is 4.05. The van der Waals surface area contributed by atoms with Crippen molar-refractivity contribution < 1.29 is 21.6 Å². The number of rotatable bonds is 4. The highest BCUT2D eigenvalue weighted by molar-refractivity contribution is 7.90. The van der Waals surface area contributed by atoms with Crippen LogP contribution in [0.3, 0.4) is 0 Å². The largest absolute Gasteiger partial charge is 0.331 e. The van der Waals surface area contributed by atoms with Crippen molar-refractivity contribution in [2.24, 2.45) is 4.40 Å². The lowest BCUT2D eigenvalue weighted by Crippen LogP contribution is -2.41. The summed E-state index contributed by atoms with van der Waals surface area (Å²) in [6.07, 6.45) is 7.34. The van der Waals surface area contributed by atoms with Gasteiger partial charge in [-0.25, -0.2) is 16.8 Å². The molecular weight excluding hydrogens is 428 g/mol. The van der Waals surface area contributed by atoms with Gasteiger partial charge in [0.05, 0.1) is 17.0 Å². The normalized spacial score (nSPS) is 21.4. The zero-order chi connectivity index (χ0) is 21.4. The maximum absolute atomic E-state index is 13.1. The second kappa shape index (κ2) is 7.97. The van der Waals surface area contributed by atoms with E-state index in [0.717, 1.165) is 19.3 Å². The topological polar surface area (TPSA) is 116 Å². The van der Waals surface area contributed by atoms with Gasteiger partial charge in [-0.3, -0.25) is 4.79 Å². The number of piperidine rings is 1. The minimum atomic E-state index is -3.76. The van der Waals surface area contributed by atoms with Gasteiger partial charge in [0.1, 0.15) is 4.90 Å². The number of hydrogen-bond donors (Lipinski definition) is 1. The molecule has 3 aliphatic heterocycles. The van der Waals surface area contributed by atoms with Crippen molar-refractivity contribution in [2.75, 3.05) is 30.7 Å². The third-order valence-electron chi connectivity index (χ3n) is 5.17. The van der Waals surface area contributed by atoms with Gasteiger partial charge in [-0.15, -0.1) is 4.40 Å². The molecule has 11 heteroatoms. The Morgan fingerprint density at radius 3 is 2.57 bits per heavy atom. The summed E-state index contributed by atoms with van der Waals surface area (Å²) in [5, 5.41) is 2.64. The van der Waals surface area contributed by atoms with Crippen molar-refractivity contribution in [3.8, 4) is 0 Å². The Labute approximate surface area is 175 Å². The number of carbonyl (C=O) groups excluding carboxylic acids is 1. The van der Waals surface area contributed by atoms with E-state index in [1.807, 2.05) is 0 Å². The number of benzene rings is 1. The molecule has 0 bridgehead atoms. The minimum Gasteiger partial charge on any atom is -0.331 e. The van der Waals surface area contributed by atoms with Gasteiger partial charge < -0.3 is 10.2 Å². The summed E-state index contributed by atoms with van der Waals surface area (Å²) in [5.41, 5.74) is 0.209. The summed E-state index contributed by atoms with van der Waals surface area (Å²) in [4.78, 5) is 14.6. The number of nitrogens with one attached hydrogen (secondary N) is 1. The van der Waals surface area contributed by atoms with Gasteiger partial charge in [0.25, 0.3) is 15.9 Å². The number of hydrogen-bond acceptors (Lipinski definition) is 6. The standard InChI is InChI=1S/C19H22N4O5S2/c24-19(15-7-6-10-22-13-14-29(25,26)21-18(15)22)20-16-8-2-3-9-17(16)30(27,28)23-11-4-1-5-12-23/h2-3,6-10H,1,4-5,11-14H2,(H,20,24). The van der Waals surface area contributed by atoms with Crippen LogP contribution in [0.2, 0.25) is 0 Å². The highest BCUT2D eigenvalue weighted by Gasteiger charge is 2.32. The van der Waals surface area contributed by atoms with E-state index >= 15 is 0 Å². The van der Waals surface area contributed by atoms with Gasteiger partial charge in [0, 0.05) is 25.8 Å². The summed E-state index contributed by atoms with van der Waals surface area (Å²) < 4.78 is 55.2. The molecule has 0 aromatic heterocycles. The van der Waals surface area contributed by atoms with E-state index in [1.54, 1.807) is 29.3 Å². The number of nitrogens with zero attached hydrogens (tertiary/aromatic N) is 3. The summed E-state index contributed by atoms with van der Waals surface area (Å²) in [6, 6.07) is 6.22. The number of amidine groups is 1. The third-order valence-corrected chi connectivity index (χ3v) is 8.28. The van der Waals surface area contributed by atoms with E-state index in [1.165, 1.54) is 22.5 Å². The van der Waals surface area contributed by atoms with Crippen molar-refractivity contribution in [3.63, 3.8) is 0 Å². The minimum absolute atomic E-state index is 0.0160. The van der Waals surface area contributed by atoms with E-state index in [9.17, 15) is 21.6 Å². The van der Waals surface area contributed by atoms with Gasteiger partial charge >= 0.3 is 0 Å². The fraction of sp³-hybridized carbons (Fsp3) is 0.368. The Balaban J connectivity index is 1.64. The van der Waals surface area contributed by atoms with Gasteiger partial charge in [-0.1, -0.05) is 18.6 Å². The van der Waals surface area contributed by atoms with Gasteiger partial charge in [-0.05, 0) is 37.1 Å². The van der Waals surface area contributed by atoms with Crippen molar-refractivity contribution in [3.05, 3.63) is 48.2 Å². The summed E-state index contributed by atoms with van der Waals surface area (Å²) in [5.74, 6) is -0.716. The van der Waals surface area contributed by atoms with Gasteiger partial charge in [0.15, 0.2) is 5.84 Å². The summed E-state index contributed by atoms with van der Waals surface area (Å²) in [7, 11) is -7.41. The van der Waals surface area contributed by atoms with Crippen LogP contribution in [0.25, 0.3) is 0 Å².